The molecule has 2 rings (SSSR count). The maximum atomic E-state index is 10.6. The molecule has 0 fully saturated rings. The molecule has 0 spiro atoms. The Labute approximate surface area is 87.3 Å². The van der Waals surface area contributed by atoms with Gasteiger partial charge in [-0.2, -0.15) is 0 Å². The van der Waals surface area contributed by atoms with Crippen LogP contribution in [0.15, 0.2) is 12.1 Å². The molecule has 0 saturated carbocycles. The van der Waals surface area contributed by atoms with Crippen molar-refractivity contribution in [1.82, 2.24) is 4.98 Å². The van der Waals surface area contributed by atoms with Crippen LogP contribution in [0.2, 0.25) is 5.02 Å². The Morgan fingerprint density at radius 2 is 2.29 bits per heavy atom. The minimum absolute atomic E-state index is 0.111. The second kappa shape index (κ2) is 3.07. The number of hydrogen-bond donors (Lipinski definition) is 1. The molecule has 0 bridgehead atoms. The van der Waals surface area contributed by atoms with Gasteiger partial charge in [0.15, 0.2) is 10.6 Å². The quantitative estimate of drug-likeness (QED) is 0.601. The van der Waals surface area contributed by atoms with E-state index >= 15 is 0 Å². The van der Waals surface area contributed by atoms with Gasteiger partial charge in [-0.25, -0.2) is 4.98 Å². The van der Waals surface area contributed by atoms with Gasteiger partial charge in [0.2, 0.25) is 0 Å². The van der Waals surface area contributed by atoms with E-state index in [-0.39, 0.29) is 5.69 Å². The van der Waals surface area contributed by atoms with Crippen molar-refractivity contribution in [3.63, 3.8) is 0 Å². The molecule has 5 nitrogen and oxygen atoms in total. The van der Waals surface area contributed by atoms with Gasteiger partial charge >= 0.3 is 0 Å². The molecule has 1 aromatic carbocycles. The largest absolute Gasteiger partial charge is 0.375 e. The molecule has 2 aromatic rings. The smallest absolute Gasteiger partial charge is 0.297 e. The van der Waals surface area contributed by atoms with Crippen LogP contribution in [0.4, 0.5) is 10.8 Å². The summed E-state index contributed by atoms with van der Waals surface area (Å²) in [6.07, 6.45) is 0. The van der Waals surface area contributed by atoms with E-state index in [4.69, 9.17) is 17.3 Å². The fourth-order valence-electron chi connectivity index (χ4n) is 1.14. The zero-order valence-electron chi connectivity index (χ0n) is 6.73. The number of halogens is 1. The lowest BCUT2D eigenvalue weighted by Crippen LogP contribution is -1.89. The third kappa shape index (κ3) is 1.38. The number of non-ortho nitro benzene ring substituents is 1. The van der Waals surface area contributed by atoms with Gasteiger partial charge in [0.1, 0.15) is 0 Å². The SMILES string of the molecule is Nc1nc2c([N+](=O)[O-])cc(Cl)cc2s1. The molecule has 0 saturated heterocycles. The summed E-state index contributed by atoms with van der Waals surface area (Å²) in [4.78, 5) is 14.0. The van der Waals surface area contributed by atoms with Crippen LogP contribution in [0.25, 0.3) is 10.2 Å². The third-order valence-electron chi connectivity index (χ3n) is 1.65. The Bertz CT molecular complexity index is 525. The minimum Gasteiger partial charge on any atom is -0.375 e. The van der Waals surface area contributed by atoms with E-state index in [1.165, 1.54) is 17.4 Å². The first-order valence-corrected chi connectivity index (χ1v) is 4.77. The molecule has 0 unspecified atom stereocenters. The highest BCUT2D eigenvalue weighted by atomic mass is 35.5. The highest BCUT2D eigenvalue weighted by Gasteiger charge is 2.16. The summed E-state index contributed by atoms with van der Waals surface area (Å²) in [5, 5.41) is 11.3. The summed E-state index contributed by atoms with van der Waals surface area (Å²) >= 11 is 6.89. The van der Waals surface area contributed by atoms with Crippen molar-refractivity contribution in [1.29, 1.82) is 0 Å². The fourth-order valence-corrected chi connectivity index (χ4v) is 2.21. The molecule has 7 heteroatoms. The van der Waals surface area contributed by atoms with Crippen LogP contribution in [0.5, 0.6) is 0 Å². The van der Waals surface area contributed by atoms with Gasteiger partial charge in [0.25, 0.3) is 5.69 Å². The van der Waals surface area contributed by atoms with E-state index < -0.39 is 4.92 Å². The number of fused-ring (bicyclic) bond motifs is 1. The number of benzene rings is 1. The summed E-state index contributed by atoms with van der Waals surface area (Å²) in [7, 11) is 0. The van der Waals surface area contributed by atoms with Crippen LogP contribution in [0.1, 0.15) is 0 Å². The van der Waals surface area contributed by atoms with Gasteiger partial charge in [-0.15, -0.1) is 0 Å². The Hall–Kier alpha value is -1.40. The van der Waals surface area contributed by atoms with Gasteiger partial charge in [-0.05, 0) is 6.07 Å². The Balaban J connectivity index is 2.85. The van der Waals surface area contributed by atoms with Gasteiger partial charge in [-0.1, -0.05) is 22.9 Å². The zero-order valence-corrected chi connectivity index (χ0v) is 8.30. The number of nitrogens with two attached hydrogens (primary N) is 1. The van der Waals surface area contributed by atoms with E-state index in [0.717, 1.165) is 0 Å². The number of anilines is 1. The minimum atomic E-state index is -0.520. The molecule has 72 valence electrons. The summed E-state index contributed by atoms with van der Waals surface area (Å²) in [6, 6.07) is 2.88. The normalized spacial score (nSPS) is 10.6. The first-order chi connectivity index (χ1) is 6.58. The number of nitrogens with zero attached hydrogens (tertiary/aromatic N) is 2. The lowest BCUT2D eigenvalue weighted by atomic mass is 10.3. The second-order valence-corrected chi connectivity index (χ2v) is 4.08. The summed E-state index contributed by atoms with van der Waals surface area (Å²) < 4.78 is 0.627. The summed E-state index contributed by atoms with van der Waals surface area (Å²) in [5.74, 6) is 0. The number of rotatable bonds is 1. The Morgan fingerprint density at radius 1 is 1.57 bits per heavy atom. The molecule has 2 N–H and O–H groups in total. The van der Waals surface area contributed by atoms with E-state index in [1.54, 1.807) is 6.07 Å². The molecular formula is C7H4ClN3O2S. The van der Waals surface area contributed by atoms with Crippen molar-refractivity contribution in [2.75, 3.05) is 5.73 Å². The third-order valence-corrected chi connectivity index (χ3v) is 2.70. The molecule has 0 aliphatic carbocycles. The summed E-state index contributed by atoms with van der Waals surface area (Å²) in [5.41, 5.74) is 5.63. The predicted octanol–water partition coefficient (Wildman–Crippen LogP) is 2.44. The first kappa shape index (κ1) is 9.17. The molecule has 14 heavy (non-hydrogen) atoms. The van der Waals surface area contributed by atoms with Gasteiger partial charge in [0.05, 0.1) is 9.62 Å². The van der Waals surface area contributed by atoms with Crippen LogP contribution in [-0.2, 0) is 0 Å². The average molecular weight is 230 g/mol. The molecule has 0 atom stereocenters. The monoisotopic (exact) mass is 229 g/mol. The van der Waals surface area contributed by atoms with Crippen molar-refractivity contribution in [2.45, 2.75) is 0 Å². The first-order valence-electron chi connectivity index (χ1n) is 3.58. The molecule has 0 aliphatic heterocycles. The van der Waals surface area contributed by atoms with E-state index in [1.807, 2.05) is 0 Å². The molecule has 0 amide bonds. The number of hydrogen-bond acceptors (Lipinski definition) is 5. The number of nitrogen functional groups attached to an aromatic ring is 1. The van der Waals surface area contributed by atoms with Crippen molar-refractivity contribution >= 4 is 44.0 Å². The molecule has 1 heterocycles. The Morgan fingerprint density at radius 3 is 2.93 bits per heavy atom. The lowest BCUT2D eigenvalue weighted by molar-refractivity contribution is -0.383. The number of nitro benzene ring substituents is 1. The van der Waals surface area contributed by atoms with E-state index in [9.17, 15) is 10.1 Å². The van der Waals surface area contributed by atoms with Crippen molar-refractivity contribution in [2.24, 2.45) is 0 Å². The van der Waals surface area contributed by atoms with Crippen LogP contribution < -0.4 is 5.73 Å². The highest BCUT2D eigenvalue weighted by molar-refractivity contribution is 7.22. The number of nitro groups is 1. The molecular weight excluding hydrogens is 226 g/mol. The van der Waals surface area contributed by atoms with Crippen molar-refractivity contribution in [3.8, 4) is 0 Å². The van der Waals surface area contributed by atoms with Crippen LogP contribution >= 0.6 is 22.9 Å². The van der Waals surface area contributed by atoms with Gasteiger partial charge in [0, 0.05) is 11.1 Å². The maximum absolute atomic E-state index is 10.6. The van der Waals surface area contributed by atoms with Gasteiger partial charge < -0.3 is 5.73 Å². The standard InChI is InChI=1S/C7H4ClN3O2S/c8-3-1-4(11(12)13)6-5(2-3)14-7(9)10-6/h1-2H,(H2,9,10). The second-order valence-electron chi connectivity index (χ2n) is 2.58. The van der Waals surface area contributed by atoms with E-state index in [2.05, 4.69) is 4.98 Å². The highest BCUT2D eigenvalue weighted by Crippen LogP contribution is 2.33. The maximum Gasteiger partial charge on any atom is 0.297 e. The molecule has 1 aromatic heterocycles. The lowest BCUT2D eigenvalue weighted by Gasteiger charge is -1.93. The number of aromatic nitrogens is 1. The van der Waals surface area contributed by atoms with Crippen LogP contribution in [0, 0.1) is 10.1 Å². The van der Waals surface area contributed by atoms with E-state index in [0.29, 0.717) is 20.4 Å². The predicted molar refractivity (Wildman–Crippen MR) is 55.7 cm³/mol. The molecule has 0 radical (unpaired) electrons. The molecule has 0 aliphatic rings. The van der Waals surface area contributed by atoms with Crippen molar-refractivity contribution < 1.29 is 4.92 Å². The number of thiazole rings is 1. The zero-order chi connectivity index (χ0) is 10.3. The summed E-state index contributed by atoms with van der Waals surface area (Å²) in [6.45, 7) is 0. The van der Waals surface area contributed by atoms with Crippen LogP contribution in [0.3, 0.4) is 0 Å². The van der Waals surface area contributed by atoms with Gasteiger partial charge in [-0.3, -0.25) is 10.1 Å². The fraction of sp³-hybridized carbons (Fsp3) is 0. The Kier molecular flexibility index (Phi) is 2.01. The average Bonchev–Trinajstić information content (AvgIpc) is 2.42. The topological polar surface area (TPSA) is 82.0 Å². The van der Waals surface area contributed by atoms with Crippen molar-refractivity contribution in [3.05, 3.63) is 27.3 Å². The van der Waals surface area contributed by atoms with Crippen LogP contribution in [-0.4, -0.2) is 9.91 Å².